The second-order valence-corrected chi connectivity index (χ2v) is 8.77. The Labute approximate surface area is 190 Å². The lowest BCUT2D eigenvalue weighted by molar-refractivity contribution is -0.138. The van der Waals surface area contributed by atoms with Gasteiger partial charge in [0.05, 0.1) is 19.8 Å². The molecule has 0 radical (unpaired) electrons. The third kappa shape index (κ3) is 4.84. The number of imide groups is 1. The Morgan fingerprint density at radius 3 is 2.56 bits per heavy atom. The quantitative estimate of drug-likeness (QED) is 0.423. The minimum absolute atomic E-state index is 0.290. The van der Waals surface area contributed by atoms with Crippen molar-refractivity contribution in [2.24, 2.45) is 0 Å². The number of carbonyl (C=O) groups excluding carboxylic acids is 3. The van der Waals surface area contributed by atoms with E-state index in [1.807, 2.05) is 25.1 Å². The topological polar surface area (TPSA) is 97.0 Å². The molecule has 4 amide bonds. The molecule has 0 aromatic heterocycles. The molecule has 1 saturated heterocycles. The summed E-state index contributed by atoms with van der Waals surface area (Å²) in [5.74, 6) is 0.599. The minimum atomic E-state index is -0.895. The average molecular weight is 446 g/mol. The van der Waals surface area contributed by atoms with Crippen LogP contribution in [-0.4, -0.2) is 48.0 Å². The summed E-state index contributed by atoms with van der Waals surface area (Å²) < 4.78 is 11.3. The van der Waals surface area contributed by atoms with Gasteiger partial charge in [-0.2, -0.15) is 0 Å². The summed E-state index contributed by atoms with van der Waals surface area (Å²) in [5.41, 5.74) is 0.0187. The summed E-state index contributed by atoms with van der Waals surface area (Å²) in [6.45, 7) is 6.21. The van der Waals surface area contributed by atoms with E-state index in [2.05, 4.69) is 17.6 Å². The molecule has 8 nitrogen and oxygen atoms in total. The van der Waals surface area contributed by atoms with E-state index in [0.29, 0.717) is 30.9 Å². The largest absolute Gasteiger partial charge is 0.493 e. The molecule has 1 spiro atoms. The lowest BCUT2D eigenvalue weighted by Gasteiger charge is -2.25. The highest BCUT2D eigenvalue weighted by Gasteiger charge is 2.54. The van der Waals surface area contributed by atoms with Crippen molar-refractivity contribution in [3.8, 4) is 11.5 Å². The first-order valence-corrected chi connectivity index (χ1v) is 11.6. The van der Waals surface area contributed by atoms with Crippen LogP contribution in [0.15, 0.2) is 18.2 Å². The monoisotopic (exact) mass is 445 g/mol. The number of hydrogen-bond donors (Lipinski definition) is 2. The van der Waals surface area contributed by atoms with Gasteiger partial charge < -0.3 is 20.1 Å². The van der Waals surface area contributed by atoms with Crippen LogP contribution in [0.2, 0.25) is 0 Å². The zero-order valence-electron chi connectivity index (χ0n) is 19.5. The van der Waals surface area contributed by atoms with Crippen LogP contribution in [-0.2, 0) is 9.59 Å². The van der Waals surface area contributed by atoms with Gasteiger partial charge in [0.1, 0.15) is 11.6 Å². The van der Waals surface area contributed by atoms with E-state index in [-0.39, 0.29) is 17.9 Å². The van der Waals surface area contributed by atoms with Crippen molar-refractivity contribution in [3.63, 3.8) is 0 Å². The van der Waals surface area contributed by atoms with Gasteiger partial charge in [0.25, 0.3) is 5.91 Å². The summed E-state index contributed by atoms with van der Waals surface area (Å²) in [7, 11) is 1.58. The van der Waals surface area contributed by atoms with Gasteiger partial charge in [-0.25, -0.2) is 9.69 Å². The Morgan fingerprint density at radius 1 is 1.19 bits per heavy atom. The molecule has 8 heteroatoms. The lowest BCUT2D eigenvalue weighted by atomic mass is 9.97. The third-order valence-corrected chi connectivity index (χ3v) is 6.47. The summed E-state index contributed by atoms with van der Waals surface area (Å²) in [6, 6.07) is 3.84. The number of ether oxygens (including phenoxy) is 2. The molecular formula is C24H35N3O5. The molecule has 0 bridgehead atoms. The van der Waals surface area contributed by atoms with Crippen molar-refractivity contribution in [2.45, 2.75) is 83.3 Å². The van der Waals surface area contributed by atoms with E-state index in [1.165, 1.54) is 0 Å². The zero-order valence-corrected chi connectivity index (χ0v) is 19.5. The first-order valence-electron chi connectivity index (χ1n) is 11.6. The molecular weight excluding hydrogens is 410 g/mol. The SMILES string of the molecule is CCCCCOc1ccc(C(C)NC(=O)C(C)N2C(=O)NC3(CCCC3)C2=O)cc1OC. The summed E-state index contributed by atoms with van der Waals surface area (Å²) in [4.78, 5) is 39.4. The van der Waals surface area contributed by atoms with E-state index in [4.69, 9.17) is 9.47 Å². The van der Waals surface area contributed by atoms with Crippen LogP contribution in [0.1, 0.15) is 77.3 Å². The Hall–Kier alpha value is -2.77. The maximum absolute atomic E-state index is 12.9. The second-order valence-electron chi connectivity index (χ2n) is 8.77. The van der Waals surface area contributed by atoms with E-state index in [9.17, 15) is 14.4 Å². The van der Waals surface area contributed by atoms with Crippen molar-refractivity contribution in [1.82, 2.24) is 15.5 Å². The fourth-order valence-corrected chi connectivity index (χ4v) is 4.45. The Bertz CT molecular complexity index is 850. The molecule has 2 fully saturated rings. The van der Waals surface area contributed by atoms with Crippen LogP contribution < -0.4 is 20.1 Å². The predicted octanol–water partition coefficient (Wildman–Crippen LogP) is 3.69. The van der Waals surface area contributed by atoms with Crippen LogP contribution in [0.25, 0.3) is 0 Å². The highest BCUT2D eigenvalue weighted by atomic mass is 16.5. The van der Waals surface area contributed by atoms with E-state index in [1.54, 1.807) is 14.0 Å². The fourth-order valence-electron chi connectivity index (χ4n) is 4.45. The van der Waals surface area contributed by atoms with Gasteiger partial charge in [-0.1, -0.05) is 38.7 Å². The van der Waals surface area contributed by atoms with Gasteiger partial charge in [0.15, 0.2) is 11.5 Å². The normalized spacial score (nSPS) is 19.1. The number of amides is 4. The number of unbranched alkanes of at least 4 members (excludes halogenated alkanes) is 2. The molecule has 32 heavy (non-hydrogen) atoms. The van der Waals surface area contributed by atoms with Gasteiger partial charge in [-0.15, -0.1) is 0 Å². The molecule has 1 aromatic rings. The van der Waals surface area contributed by atoms with E-state index < -0.39 is 17.6 Å². The first-order chi connectivity index (χ1) is 15.3. The van der Waals surface area contributed by atoms with Crippen molar-refractivity contribution >= 4 is 17.8 Å². The highest BCUT2D eigenvalue weighted by Crippen LogP contribution is 2.36. The molecule has 2 N–H and O–H groups in total. The summed E-state index contributed by atoms with van der Waals surface area (Å²) in [6.07, 6.45) is 6.28. The molecule has 1 saturated carbocycles. The summed E-state index contributed by atoms with van der Waals surface area (Å²) >= 11 is 0. The Kier molecular flexibility index (Phi) is 7.64. The molecule has 1 aliphatic carbocycles. The van der Waals surface area contributed by atoms with Gasteiger partial charge in [-0.3, -0.25) is 9.59 Å². The number of nitrogens with zero attached hydrogens (tertiary/aromatic N) is 1. The van der Waals surface area contributed by atoms with Crippen LogP contribution in [0.4, 0.5) is 4.79 Å². The Morgan fingerprint density at radius 2 is 1.91 bits per heavy atom. The van der Waals surface area contributed by atoms with Gasteiger partial charge in [-0.05, 0) is 50.8 Å². The molecule has 176 valence electrons. The second kappa shape index (κ2) is 10.2. The number of nitrogens with one attached hydrogen (secondary N) is 2. The van der Waals surface area contributed by atoms with Gasteiger partial charge >= 0.3 is 6.03 Å². The maximum Gasteiger partial charge on any atom is 0.325 e. The van der Waals surface area contributed by atoms with E-state index in [0.717, 1.165) is 42.6 Å². The summed E-state index contributed by atoms with van der Waals surface area (Å²) in [5, 5.41) is 5.74. The highest BCUT2D eigenvalue weighted by molar-refractivity contribution is 6.10. The standard InChI is InChI=1S/C24H35N3O5/c1-5-6-9-14-32-19-11-10-18(15-20(19)31-4)16(2)25-21(28)17(3)27-22(29)24(26-23(27)30)12-7-8-13-24/h10-11,15-17H,5-9,12-14H2,1-4H3,(H,25,28)(H,26,30). The zero-order chi connectivity index (χ0) is 23.3. The van der Waals surface area contributed by atoms with Gasteiger partial charge in [0, 0.05) is 0 Å². The molecule has 2 unspecified atom stereocenters. The fraction of sp³-hybridized carbons (Fsp3) is 0.625. The smallest absolute Gasteiger partial charge is 0.325 e. The van der Waals surface area contributed by atoms with Crippen molar-refractivity contribution < 1.29 is 23.9 Å². The number of urea groups is 1. The number of hydrogen-bond acceptors (Lipinski definition) is 5. The van der Waals surface area contributed by atoms with Crippen LogP contribution in [0.3, 0.4) is 0 Å². The van der Waals surface area contributed by atoms with Crippen molar-refractivity contribution in [2.75, 3.05) is 13.7 Å². The number of rotatable bonds is 10. The van der Waals surface area contributed by atoms with Crippen LogP contribution >= 0.6 is 0 Å². The van der Waals surface area contributed by atoms with Crippen molar-refractivity contribution in [1.29, 1.82) is 0 Å². The third-order valence-electron chi connectivity index (χ3n) is 6.47. The maximum atomic E-state index is 12.9. The predicted molar refractivity (Wildman–Crippen MR) is 121 cm³/mol. The lowest BCUT2D eigenvalue weighted by Crippen LogP contribution is -2.50. The number of methoxy groups -OCH3 is 1. The minimum Gasteiger partial charge on any atom is -0.493 e. The molecule has 2 atom stereocenters. The Balaban J connectivity index is 1.63. The first kappa shape index (κ1) is 23.9. The molecule has 1 aliphatic heterocycles. The molecule has 1 aromatic carbocycles. The number of benzene rings is 1. The van der Waals surface area contributed by atoms with Crippen molar-refractivity contribution in [3.05, 3.63) is 23.8 Å². The van der Waals surface area contributed by atoms with Gasteiger partial charge in [0.2, 0.25) is 5.91 Å². The van der Waals surface area contributed by atoms with Crippen LogP contribution in [0, 0.1) is 0 Å². The van der Waals surface area contributed by atoms with E-state index >= 15 is 0 Å². The van der Waals surface area contributed by atoms with Crippen LogP contribution in [0.5, 0.6) is 11.5 Å². The molecule has 1 heterocycles. The molecule has 2 aliphatic rings. The molecule has 3 rings (SSSR count). The average Bonchev–Trinajstić information content (AvgIpc) is 3.35. The number of carbonyl (C=O) groups is 3.